The highest BCUT2D eigenvalue weighted by atomic mass is 16.6. The highest BCUT2D eigenvalue weighted by molar-refractivity contribution is 5.39. The number of rotatable bonds is 4. The van der Waals surface area contributed by atoms with Gasteiger partial charge in [0.25, 0.3) is 5.69 Å². The molecule has 0 radical (unpaired) electrons. The number of nitrogens with zero attached hydrogens (tertiary/aromatic N) is 1. The van der Waals surface area contributed by atoms with Gasteiger partial charge in [-0.3, -0.25) is 10.1 Å². The Balaban J connectivity index is 1.99. The van der Waals surface area contributed by atoms with Crippen LogP contribution >= 0.6 is 0 Å². The number of hydrogen-bond donors (Lipinski definition) is 1. The average molecular weight is 251 g/mol. The maximum atomic E-state index is 10.8. The Hall–Kier alpha value is -1.46. The molecule has 2 unspecified atom stereocenters. The molecule has 1 saturated carbocycles. The van der Waals surface area contributed by atoms with Gasteiger partial charge in [0.2, 0.25) is 0 Å². The molecule has 0 amide bonds. The van der Waals surface area contributed by atoms with E-state index in [0.717, 1.165) is 25.7 Å². The molecular formula is C13H17NO4. The van der Waals surface area contributed by atoms with E-state index in [9.17, 15) is 15.2 Å². The van der Waals surface area contributed by atoms with Gasteiger partial charge in [-0.05, 0) is 18.9 Å². The Labute approximate surface area is 106 Å². The summed E-state index contributed by atoms with van der Waals surface area (Å²) < 4.78 is 5.62. The number of ether oxygens (including phenoxy) is 1. The Morgan fingerprint density at radius 3 is 2.78 bits per heavy atom. The number of aliphatic hydroxyl groups excluding tert-OH is 1. The van der Waals surface area contributed by atoms with Crippen LogP contribution in [0.15, 0.2) is 24.3 Å². The van der Waals surface area contributed by atoms with E-state index in [0.29, 0.717) is 5.56 Å². The van der Waals surface area contributed by atoms with Crippen molar-refractivity contribution in [2.24, 2.45) is 0 Å². The summed E-state index contributed by atoms with van der Waals surface area (Å²) in [6, 6.07) is 6.55. The van der Waals surface area contributed by atoms with E-state index in [1.807, 2.05) is 0 Å². The lowest BCUT2D eigenvalue weighted by Crippen LogP contribution is -2.32. The van der Waals surface area contributed by atoms with Gasteiger partial charge in [-0.2, -0.15) is 0 Å². The Kier molecular flexibility index (Phi) is 4.28. The second-order valence-corrected chi connectivity index (χ2v) is 4.59. The number of aliphatic hydroxyl groups is 1. The van der Waals surface area contributed by atoms with Crippen LogP contribution in [0.3, 0.4) is 0 Å². The molecular weight excluding hydrogens is 234 g/mol. The summed E-state index contributed by atoms with van der Waals surface area (Å²) in [5, 5.41) is 20.6. The van der Waals surface area contributed by atoms with Crippen molar-refractivity contribution in [2.75, 3.05) is 0 Å². The van der Waals surface area contributed by atoms with Crippen molar-refractivity contribution >= 4 is 5.69 Å². The lowest BCUT2D eigenvalue weighted by Gasteiger charge is -2.27. The molecule has 1 N–H and O–H groups in total. The summed E-state index contributed by atoms with van der Waals surface area (Å²) in [6.07, 6.45) is 2.99. The zero-order valence-corrected chi connectivity index (χ0v) is 10.1. The first-order chi connectivity index (χ1) is 8.68. The number of nitro benzene ring substituents is 1. The molecule has 18 heavy (non-hydrogen) atoms. The number of benzene rings is 1. The first-order valence-electron chi connectivity index (χ1n) is 6.20. The molecule has 2 atom stereocenters. The molecule has 1 aliphatic rings. The second-order valence-electron chi connectivity index (χ2n) is 4.59. The number of para-hydroxylation sites is 1. The van der Waals surface area contributed by atoms with Gasteiger partial charge in [-0.15, -0.1) is 0 Å². The number of hydrogen-bond acceptors (Lipinski definition) is 4. The van der Waals surface area contributed by atoms with E-state index in [-0.39, 0.29) is 18.4 Å². The van der Waals surface area contributed by atoms with Crippen LogP contribution in [-0.2, 0) is 11.3 Å². The summed E-state index contributed by atoms with van der Waals surface area (Å²) in [5.41, 5.74) is 0.628. The van der Waals surface area contributed by atoms with Crippen molar-refractivity contribution in [1.29, 1.82) is 0 Å². The van der Waals surface area contributed by atoms with Crippen LogP contribution in [0.5, 0.6) is 0 Å². The van der Waals surface area contributed by atoms with Crippen LogP contribution in [0.1, 0.15) is 31.2 Å². The molecule has 1 fully saturated rings. The Morgan fingerprint density at radius 2 is 2.06 bits per heavy atom. The fourth-order valence-electron chi connectivity index (χ4n) is 2.28. The summed E-state index contributed by atoms with van der Waals surface area (Å²) in [7, 11) is 0. The fraction of sp³-hybridized carbons (Fsp3) is 0.538. The van der Waals surface area contributed by atoms with Crippen molar-refractivity contribution in [1.82, 2.24) is 0 Å². The van der Waals surface area contributed by atoms with Gasteiger partial charge in [0.05, 0.1) is 29.3 Å². The zero-order chi connectivity index (χ0) is 13.0. The normalized spacial score (nSPS) is 23.8. The van der Waals surface area contributed by atoms with Gasteiger partial charge in [0.15, 0.2) is 0 Å². The molecule has 5 heteroatoms. The minimum absolute atomic E-state index is 0.0720. The van der Waals surface area contributed by atoms with E-state index in [2.05, 4.69) is 0 Å². The molecule has 0 heterocycles. The van der Waals surface area contributed by atoms with Gasteiger partial charge in [0.1, 0.15) is 0 Å². The van der Waals surface area contributed by atoms with Crippen molar-refractivity contribution in [3.63, 3.8) is 0 Å². The Bertz CT molecular complexity index is 421. The van der Waals surface area contributed by atoms with Crippen LogP contribution in [0.2, 0.25) is 0 Å². The van der Waals surface area contributed by atoms with Crippen molar-refractivity contribution in [2.45, 2.75) is 44.5 Å². The molecule has 0 aliphatic heterocycles. The standard InChI is InChI=1S/C13H17NO4/c15-12-7-3-4-8-13(12)18-9-10-5-1-2-6-11(10)14(16)17/h1-2,5-6,12-13,15H,3-4,7-9H2. The fourth-order valence-corrected chi connectivity index (χ4v) is 2.28. The smallest absolute Gasteiger partial charge is 0.274 e. The summed E-state index contributed by atoms with van der Waals surface area (Å²) >= 11 is 0. The topological polar surface area (TPSA) is 72.6 Å². The summed E-state index contributed by atoms with van der Waals surface area (Å²) in [5.74, 6) is 0. The third kappa shape index (κ3) is 3.05. The van der Waals surface area contributed by atoms with Gasteiger partial charge in [-0.1, -0.05) is 25.0 Å². The van der Waals surface area contributed by atoms with E-state index < -0.39 is 11.0 Å². The average Bonchev–Trinajstić information content (AvgIpc) is 2.38. The molecule has 0 spiro atoms. The third-order valence-corrected chi connectivity index (χ3v) is 3.31. The first-order valence-corrected chi connectivity index (χ1v) is 6.20. The maximum Gasteiger partial charge on any atom is 0.274 e. The highest BCUT2D eigenvalue weighted by Gasteiger charge is 2.24. The highest BCUT2D eigenvalue weighted by Crippen LogP contribution is 2.24. The van der Waals surface area contributed by atoms with Crippen LogP contribution < -0.4 is 0 Å². The summed E-state index contributed by atoms with van der Waals surface area (Å²) in [6.45, 7) is 0.179. The molecule has 0 aromatic heterocycles. The molecule has 1 aliphatic carbocycles. The van der Waals surface area contributed by atoms with E-state index in [1.165, 1.54) is 6.07 Å². The van der Waals surface area contributed by atoms with Crippen LogP contribution in [0.25, 0.3) is 0 Å². The predicted molar refractivity (Wildman–Crippen MR) is 66.1 cm³/mol. The predicted octanol–water partition coefficient (Wildman–Crippen LogP) is 2.41. The lowest BCUT2D eigenvalue weighted by molar-refractivity contribution is -0.386. The molecule has 2 rings (SSSR count). The maximum absolute atomic E-state index is 10.8. The van der Waals surface area contributed by atoms with E-state index in [1.54, 1.807) is 18.2 Å². The van der Waals surface area contributed by atoms with Crippen LogP contribution in [0, 0.1) is 10.1 Å². The Morgan fingerprint density at radius 1 is 1.33 bits per heavy atom. The number of nitro groups is 1. The van der Waals surface area contributed by atoms with Gasteiger partial charge in [-0.25, -0.2) is 0 Å². The largest absolute Gasteiger partial charge is 0.390 e. The van der Waals surface area contributed by atoms with Crippen LogP contribution in [0.4, 0.5) is 5.69 Å². The summed E-state index contributed by atoms with van der Waals surface area (Å²) in [4.78, 5) is 10.4. The van der Waals surface area contributed by atoms with Gasteiger partial charge in [0, 0.05) is 6.07 Å². The van der Waals surface area contributed by atoms with E-state index in [4.69, 9.17) is 4.74 Å². The van der Waals surface area contributed by atoms with Crippen molar-refractivity contribution < 1.29 is 14.8 Å². The first kappa shape index (κ1) is 13.0. The SMILES string of the molecule is O=[N+]([O-])c1ccccc1COC1CCCCC1O. The molecule has 5 nitrogen and oxygen atoms in total. The molecule has 1 aromatic rings. The minimum atomic E-state index is -0.443. The quantitative estimate of drug-likeness (QED) is 0.658. The van der Waals surface area contributed by atoms with Crippen molar-refractivity contribution in [3.8, 4) is 0 Å². The monoisotopic (exact) mass is 251 g/mol. The molecule has 0 saturated heterocycles. The third-order valence-electron chi connectivity index (χ3n) is 3.31. The molecule has 1 aromatic carbocycles. The van der Waals surface area contributed by atoms with Gasteiger partial charge < -0.3 is 9.84 Å². The lowest BCUT2D eigenvalue weighted by atomic mass is 9.95. The van der Waals surface area contributed by atoms with Crippen LogP contribution in [-0.4, -0.2) is 22.2 Å². The second kappa shape index (κ2) is 5.93. The minimum Gasteiger partial charge on any atom is -0.390 e. The van der Waals surface area contributed by atoms with Gasteiger partial charge >= 0.3 is 0 Å². The molecule has 0 bridgehead atoms. The zero-order valence-electron chi connectivity index (χ0n) is 10.1. The van der Waals surface area contributed by atoms with Crippen molar-refractivity contribution in [3.05, 3.63) is 39.9 Å². The molecule has 98 valence electrons. The van der Waals surface area contributed by atoms with E-state index >= 15 is 0 Å².